The number of carbonyl (C=O) groups is 1. The molecule has 0 aliphatic heterocycles. The maximum atomic E-state index is 11.6. The topological polar surface area (TPSA) is 73.5 Å². The van der Waals surface area contributed by atoms with E-state index in [1.54, 1.807) is 0 Å². The third-order valence-electron chi connectivity index (χ3n) is 4.40. The fourth-order valence-corrected chi connectivity index (χ4v) is 2.97. The van der Waals surface area contributed by atoms with Crippen LogP contribution in [0.1, 0.15) is 24.0 Å². The Morgan fingerprint density at radius 3 is 1.42 bits per heavy atom. The van der Waals surface area contributed by atoms with Crippen LogP contribution in [0.5, 0.6) is 0 Å². The highest BCUT2D eigenvalue weighted by atomic mass is 35.5. The molecule has 0 aliphatic rings. The fourth-order valence-electron chi connectivity index (χ4n) is 2.97. The number of benzene rings is 2. The molecular weight excluding hydrogens is 439 g/mol. The van der Waals surface area contributed by atoms with Crippen molar-refractivity contribution in [2.75, 3.05) is 40.4 Å². The lowest BCUT2D eigenvalue weighted by molar-refractivity contribution is 0.0503. The summed E-state index contributed by atoms with van der Waals surface area (Å²) in [5.74, 6) is 0. The van der Waals surface area contributed by atoms with Gasteiger partial charge in [-0.3, -0.25) is 0 Å². The summed E-state index contributed by atoms with van der Waals surface area (Å²) in [7, 11) is 4.13. The Morgan fingerprint density at radius 1 is 0.710 bits per heavy atom. The zero-order chi connectivity index (χ0) is 20.0. The van der Waals surface area contributed by atoms with Gasteiger partial charge in [-0.15, -0.1) is 24.8 Å². The van der Waals surface area contributed by atoms with Crippen molar-refractivity contribution < 1.29 is 19.7 Å². The monoisotopic (exact) mass is 474 g/mol. The molecule has 0 saturated heterocycles. The quantitative estimate of drug-likeness (QED) is 0.340. The van der Waals surface area contributed by atoms with E-state index < -0.39 is 6.16 Å². The molecule has 0 bridgehead atoms. The smallest absolute Gasteiger partial charge is 0.434 e. The van der Waals surface area contributed by atoms with Gasteiger partial charge >= 0.3 is 6.16 Å². The van der Waals surface area contributed by atoms with Crippen LogP contribution in [0.25, 0.3) is 0 Å². The van der Waals surface area contributed by atoms with E-state index in [0.717, 1.165) is 39.0 Å². The van der Waals surface area contributed by atoms with Crippen LogP contribution in [0.2, 0.25) is 0 Å². The first kappa shape index (κ1) is 31.4. The van der Waals surface area contributed by atoms with Crippen molar-refractivity contribution in [3.63, 3.8) is 0 Å². The largest absolute Gasteiger partial charge is 0.508 e. The molecule has 2 aromatic carbocycles. The standard InChI is InChI=1S/C23H32N2O3.2ClH.H2O/c1-24(19-21-11-5-3-6-12-21)15-9-17-27-23(26)28-18-10-16-25(2)20-22-13-7-4-8-14-22;;;/h3-8,11-14H,9-10,15-20H2,1-2H3;2*1H;1H2. The van der Waals surface area contributed by atoms with Crippen molar-refractivity contribution in [1.29, 1.82) is 0 Å². The van der Waals surface area contributed by atoms with Gasteiger partial charge < -0.3 is 24.7 Å². The lowest BCUT2D eigenvalue weighted by Gasteiger charge is -2.17. The summed E-state index contributed by atoms with van der Waals surface area (Å²) in [4.78, 5) is 16.1. The second-order valence-corrected chi connectivity index (χ2v) is 7.10. The van der Waals surface area contributed by atoms with Crippen LogP contribution < -0.4 is 0 Å². The number of nitrogens with zero attached hydrogens (tertiary/aromatic N) is 2. The Kier molecular flexibility index (Phi) is 19.1. The van der Waals surface area contributed by atoms with E-state index in [2.05, 4.69) is 48.2 Å². The van der Waals surface area contributed by atoms with Crippen LogP contribution in [-0.4, -0.2) is 61.8 Å². The van der Waals surface area contributed by atoms with E-state index in [9.17, 15) is 4.79 Å². The van der Waals surface area contributed by atoms with Crippen molar-refractivity contribution >= 4 is 31.0 Å². The van der Waals surface area contributed by atoms with Gasteiger partial charge in [0.05, 0.1) is 13.2 Å². The number of halogens is 2. The summed E-state index contributed by atoms with van der Waals surface area (Å²) < 4.78 is 10.3. The molecule has 6 nitrogen and oxygen atoms in total. The number of ether oxygens (including phenoxy) is 2. The number of carbonyl (C=O) groups excluding carboxylic acids is 1. The van der Waals surface area contributed by atoms with Crippen LogP contribution in [0.15, 0.2) is 60.7 Å². The average Bonchev–Trinajstić information content (AvgIpc) is 2.70. The molecule has 2 rings (SSSR count). The van der Waals surface area contributed by atoms with Crippen LogP contribution in [0.4, 0.5) is 4.79 Å². The summed E-state index contributed by atoms with van der Waals surface area (Å²) >= 11 is 0. The summed E-state index contributed by atoms with van der Waals surface area (Å²) in [5, 5.41) is 0. The lowest BCUT2D eigenvalue weighted by atomic mass is 10.2. The third kappa shape index (κ3) is 14.7. The molecule has 0 atom stereocenters. The SMILES string of the molecule is CN(CCCOC(=O)OCCCN(C)Cc1ccccc1)Cc1ccccc1.Cl.Cl.O. The Morgan fingerprint density at radius 2 is 1.06 bits per heavy atom. The average molecular weight is 475 g/mol. The van der Waals surface area contributed by atoms with Gasteiger partial charge in [-0.1, -0.05) is 60.7 Å². The predicted molar refractivity (Wildman–Crippen MR) is 130 cm³/mol. The first-order chi connectivity index (χ1) is 13.6. The number of hydrogen-bond acceptors (Lipinski definition) is 5. The normalized spacial score (nSPS) is 9.94. The predicted octanol–water partition coefficient (Wildman–Crippen LogP) is 4.20. The van der Waals surface area contributed by atoms with Crippen LogP contribution in [0, 0.1) is 0 Å². The molecule has 0 radical (unpaired) electrons. The van der Waals surface area contributed by atoms with Crippen LogP contribution in [-0.2, 0) is 22.6 Å². The van der Waals surface area contributed by atoms with Gasteiger partial charge in [-0.05, 0) is 38.1 Å². The molecule has 31 heavy (non-hydrogen) atoms. The van der Waals surface area contributed by atoms with E-state index in [1.165, 1.54) is 11.1 Å². The Balaban J connectivity index is 0. The van der Waals surface area contributed by atoms with Crippen molar-refractivity contribution in [2.24, 2.45) is 0 Å². The summed E-state index contributed by atoms with van der Waals surface area (Å²) in [6.45, 7) is 4.28. The zero-order valence-electron chi connectivity index (χ0n) is 18.4. The molecule has 0 unspecified atom stereocenters. The Hall–Kier alpha value is -1.83. The first-order valence-corrected chi connectivity index (χ1v) is 9.88. The van der Waals surface area contributed by atoms with E-state index >= 15 is 0 Å². The number of rotatable bonds is 12. The molecule has 0 heterocycles. The van der Waals surface area contributed by atoms with E-state index in [-0.39, 0.29) is 30.3 Å². The van der Waals surface area contributed by atoms with Gasteiger partial charge in [0.2, 0.25) is 0 Å². The lowest BCUT2D eigenvalue weighted by Crippen LogP contribution is -2.22. The summed E-state index contributed by atoms with van der Waals surface area (Å²) in [6, 6.07) is 20.7. The van der Waals surface area contributed by atoms with Gasteiger partial charge in [0.25, 0.3) is 0 Å². The molecule has 0 aliphatic carbocycles. The maximum Gasteiger partial charge on any atom is 0.508 e. The number of hydrogen-bond donors (Lipinski definition) is 0. The third-order valence-corrected chi connectivity index (χ3v) is 4.40. The molecular formula is C23H36Cl2N2O4. The molecule has 2 aromatic rings. The second kappa shape index (κ2) is 18.9. The minimum absolute atomic E-state index is 0. The van der Waals surface area contributed by atoms with Crippen molar-refractivity contribution in [3.05, 3.63) is 71.8 Å². The Labute approximate surface area is 198 Å². The molecule has 0 amide bonds. The highest BCUT2D eigenvalue weighted by molar-refractivity contribution is 5.85. The second-order valence-electron chi connectivity index (χ2n) is 7.10. The molecule has 176 valence electrons. The molecule has 0 aromatic heterocycles. The Bertz CT molecular complexity index is 620. The van der Waals surface area contributed by atoms with E-state index in [4.69, 9.17) is 9.47 Å². The van der Waals surface area contributed by atoms with Crippen molar-refractivity contribution in [1.82, 2.24) is 9.80 Å². The van der Waals surface area contributed by atoms with Crippen LogP contribution >= 0.6 is 24.8 Å². The molecule has 0 saturated carbocycles. The minimum atomic E-state index is -0.573. The molecule has 0 fully saturated rings. The summed E-state index contributed by atoms with van der Waals surface area (Å²) in [5.41, 5.74) is 2.56. The van der Waals surface area contributed by atoms with E-state index in [1.807, 2.05) is 36.4 Å². The van der Waals surface area contributed by atoms with Gasteiger partial charge in [0.1, 0.15) is 0 Å². The molecule has 2 N–H and O–H groups in total. The van der Waals surface area contributed by atoms with Crippen LogP contribution in [0.3, 0.4) is 0 Å². The highest BCUT2D eigenvalue weighted by Gasteiger charge is 2.06. The minimum Gasteiger partial charge on any atom is -0.434 e. The molecule has 0 spiro atoms. The van der Waals surface area contributed by atoms with Gasteiger partial charge in [-0.2, -0.15) is 0 Å². The molecule has 8 heteroatoms. The van der Waals surface area contributed by atoms with Gasteiger partial charge in [0, 0.05) is 26.2 Å². The highest BCUT2D eigenvalue weighted by Crippen LogP contribution is 2.04. The van der Waals surface area contributed by atoms with E-state index in [0.29, 0.717) is 13.2 Å². The van der Waals surface area contributed by atoms with Crippen molar-refractivity contribution in [3.8, 4) is 0 Å². The zero-order valence-corrected chi connectivity index (χ0v) is 20.0. The van der Waals surface area contributed by atoms with Gasteiger partial charge in [0.15, 0.2) is 0 Å². The summed E-state index contributed by atoms with van der Waals surface area (Å²) in [6.07, 6.45) is 1.01. The maximum absolute atomic E-state index is 11.6. The first-order valence-electron chi connectivity index (χ1n) is 9.88. The van der Waals surface area contributed by atoms with Crippen molar-refractivity contribution in [2.45, 2.75) is 25.9 Å². The van der Waals surface area contributed by atoms with Gasteiger partial charge in [-0.25, -0.2) is 4.79 Å². The fraction of sp³-hybridized carbons (Fsp3) is 0.435.